The number of carbonyl (C=O) groups is 1. The van der Waals surface area contributed by atoms with E-state index in [0.717, 1.165) is 25.9 Å². The van der Waals surface area contributed by atoms with E-state index in [1.54, 1.807) is 13.0 Å². The molecule has 2 aromatic heterocycles. The topological polar surface area (TPSA) is 76.2 Å². The molecular formula is C15H21N5O2. The van der Waals surface area contributed by atoms with Crippen molar-refractivity contribution in [1.29, 1.82) is 0 Å². The minimum atomic E-state index is -0.0369. The van der Waals surface area contributed by atoms with Crippen LogP contribution in [0.25, 0.3) is 0 Å². The fourth-order valence-electron chi connectivity index (χ4n) is 2.96. The number of aryl methyl sites for hydroxylation is 2. The van der Waals surface area contributed by atoms with Crippen LogP contribution in [0.1, 0.15) is 36.6 Å². The molecule has 1 saturated heterocycles. The van der Waals surface area contributed by atoms with Crippen molar-refractivity contribution in [2.75, 3.05) is 18.4 Å². The Hall–Kier alpha value is -2.15. The Labute approximate surface area is 129 Å². The van der Waals surface area contributed by atoms with Gasteiger partial charge in [-0.3, -0.25) is 14.4 Å². The number of amides is 1. The highest BCUT2D eigenvalue weighted by Crippen LogP contribution is 2.31. The number of likely N-dealkylation sites (tertiary alicyclic amines) is 1. The van der Waals surface area contributed by atoms with Crippen molar-refractivity contribution in [3.05, 3.63) is 29.8 Å². The molecule has 7 nitrogen and oxygen atoms in total. The zero-order valence-corrected chi connectivity index (χ0v) is 13.0. The average molecular weight is 303 g/mol. The molecule has 1 amide bonds. The molecule has 0 radical (unpaired) electrons. The second kappa shape index (κ2) is 6.31. The highest BCUT2D eigenvalue weighted by Gasteiger charge is 2.27. The zero-order chi connectivity index (χ0) is 15.5. The lowest BCUT2D eigenvalue weighted by atomic mass is 10.1. The Balaban J connectivity index is 1.53. The van der Waals surface area contributed by atoms with Crippen molar-refractivity contribution in [2.24, 2.45) is 7.05 Å². The summed E-state index contributed by atoms with van der Waals surface area (Å²) in [5.74, 6) is 1.13. The van der Waals surface area contributed by atoms with Crippen molar-refractivity contribution in [3.8, 4) is 0 Å². The molecule has 3 heterocycles. The van der Waals surface area contributed by atoms with Gasteiger partial charge in [0, 0.05) is 43.9 Å². The van der Waals surface area contributed by atoms with Gasteiger partial charge in [0.15, 0.2) is 5.82 Å². The van der Waals surface area contributed by atoms with Gasteiger partial charge in [-0.2, -0.15) is 5.10 Å². The van der Waals surface area contributed by atoms with Gasteiger partial charge in [0.2, 0.25) is 5.91 Å². The molecule has 7 heteroatoms. The SMILES string of the molecule is Cc1cc(NC(=O)CCN2CCC[C@@H]2c2cnn(C)c2)no1. The fourth-order valence-corrected chi connectivity index (χ4v) is 2.96. The molecule has 22 heavy (non-hydrogen) atoms. The molecule has 0 spiro atoms. The van der Waals surface area contributed by atoms with Gasteiger partial charge < -0.3 is 9.84 Å². The van der Waals surface area contributed by atoms with Crippen LogP contribution in [0, 0.1) is 6.92 Å². The molecule has 0 aromatic carbocycles. The van der Waals surface area contributed by atoms with Crippen LogP contribution >= 0.6 is 0 Å². The van der Waals surface area contributed by atoms with Gasteiger partial charge in [-0.1, -0.05) is 5.16 Å². The maximum atomic E-state index is 12.0. The Bertz CT molecular complexity index is 648. The number of carbonyl (C=O) groups excluding carboxylic acids is 1. The minimum absolute atomic E-state index is 0.0369. The first-order chi connectivity index (χ1) is 10.6. The fraction of sp³-hybridized carbons (Fsp3) is 0.533. The molecule has 1 atom stereocenters. The van der Waals surface area contributed by atoms with Gasteiger partial charge in [0.1, 0.15) is 5.76 Å². The van der Waals surface area contributed by atoms with E-state index in [9.17, 15) is 4.79 Å². The molecule has 0 bridgehead atoms. The third-order valence-electron chi connectivity index (χ3n) is 3.99. The number of hydrogen-bond donors (Lipinski definition) is 1. The largest absolute Gasteiger partial charge is 0.360 e. The van der Waals surface area contributed by atoms with Gasteiger partial charge in [0.05, 0.1) is 6.20 Å². The number of rotatable bonds is 5. The van der Waals surface area contributed by atoms with Crippen LogP contribution in [-0.4, -0.2) is 38.8 Å². The minimum Gasteiger partial charge on any atom is -0.360 e. The summed E-state index contributed by atoms with van der Waals surface area (Å²) in [4.78, 5) is 14.3. The van der Waals surface area contributed by atoms with Gasteiger partial charge in [0.25, 0.3) is 0 Å². The maximum absolute atomic E-state index is 12.0. The molecule has 118 valence electrons. The summed E-state index contributed by atoms with van der Waals surface area (Å²) in [6.45, 7) is 3.56. The van der Waals surface area contributed by atoms with Gasteiger partial charge in [-0.15, -0.1) is 0 Å². The highest BCUT2D eigenvalue weighted by molar-refractivity contribution is 5.89. The molecule has 3 rings (SSSR count). The molecule has 0 aliphatic carbocycles. The molecule has 1 aliphatic rings. The normalized spacial score (nSPS) is 18.7. The van der Waals surface area contributed by atoms with Gasteiger partial charge in [-0.05, 0) is 26.3 Å². The summed E-state index contributed by atoms with van der Waals surface area (Å²) in [6.07, 6.45) is 6.70. The van der Waals surface area contributed by atoms with Crippen LogP contribution in [0.2, 0.25) is 0 Å². The summed E-state index contributed by atoms with van der Waals surface area (Å²) in [6, 6.07) is 2.09. The van der Waals surface area contributed by atoms with Gasteiger partial charge >= 0.3 is 0 Å². The van der Waals surface area contributed by atoms with E-state index in [1.165, 1.54) is 5.56 Å². The van der Waals surface area contributed by atoms with Crippen LogP contribution < -0.4 is 5.32 Å². The average Bonchev–Trinajstić information content (AvgIpc) is 3.18. The van der Waals surface area contributed by atoms with E-state index >= 15 is 0 Å². The molecule has 0 saturated carbocycles. The molecule has 1 fully saturated rings. The molecule has 1 aliphatic heterocycles. The quantitative estimate of drug-likeness (QED) is 0.912. The predicted molar refractivity (Wildman–Crippen MR) is 81.2 cm³/mol. The molecule has 2 aromatic rings. The first kappa shape index (κ1) is 14.8. The van der Waals surface area contributed by atoms with Crippen LogP contribution in [-0.2, 0) is 11.8 Å². The Morgan fingerprint density at radius 1 is 1.55 bits per heavy atom. The predicted octanol–water partition coefficient (Wildman–Crippen LogP) is 1.88. The van der Waals surface area contributed by atoms with Crippen molar-refractivity contribution in [2.45, 2.75) is 32.2 Å². The zero-order valence-electron chi connectivity index (χ0n) is 13.0. The van der Waals surface area contributed by atoms with Crippen molar-refractivity contribution < 1.29 is 9.32 Å². The van der Waals surface area contributed by atoms with Crippen molar-refractivity contribution in [1.82, 2.24) is 19.8 Å². The second-order valence-corrected chi connectivity index (χ2v) is 5.76. The number of nitrogens with one attached hydrogen (secondary N) is 1. The van der Waals surface area contributed by atoms with Crippen LogP contribution in [0.5, 0.6) is 0 Å². The van der Waals surface area contributed by atoms with Crippen LogP contribution in [0.3, 0.4) is 0 Å². The van der Waals surface area contributed by atoms with E-state index < -0.39 is 0 Å². The van der Waals surface area contributed by atoms with E-state index in [2.05, 4.69) is 26.7 Å². The lowest BCUT2D eigenvalue weighted by molar-refractivity contribution is -0.116. The number of nitrogens with zero attached hydrogens (tertiary/aromatic N) is 4. The summed E-state index contributed by atoms with van der Waals surface area (Å²) in [5.41, 5.74) is 1.23. The standard InChI is InChI=1S/C15H21N5O2/c1-11-8-14(18-22-11)17-15(21)5-7-20-6-3-4-13(20)12-9-16-19(2)10-12/h8-10,13H,3-7H2,1-2H3,(H,17,18,21)/t13-/m1/s1. The Kier molecular flexibility index (Phi) is 4.24. The number of aromatic nitrogens is 3. The van der Waals surface area contributed by atoms with Crippen molar-refractivity contribution >= 4 is 11.7 Å². The third kappa shape index (κ3) is 3.36. The van der Waals surface area contributed by atoms with Crippen molar-refractivity contribution in [3.63, 3.8) is 0 Å². The Morgan fingerprint density at radius 2 is 2.41 bits per heavy atom. The number of hydrogen-bond acceptors (Lipinski definition) is 5. The van der Waals surface area contributed by atoms with Crippen LogP contribution in [0.15, 0.2) is 23.0 Å². The molecular weight excluding hydrogens is 282 g/mol. The first-order valence-corrected chi connectivity index (χ1v) is 7.57. The van der Waals surface area contributed by atoms with E-state index in [0.29, 0.717) is 24.0 Å². The van der Waals surface area contributed by atoms with E-state index in [1.807, 2.05) is 17.9 Å². The lowest BCUT2D eigenvalue weighted by Crippen LogP contribution is -2.27. The summed E-state index contributed by atoms with van der Waals surface area (Å²) < 4.78 is 6.76. The van der Waals surface area contributed by atoms with E-state index in [-0.39, 0.29) is 5.91 Å². The van der Waals surface area contributed by atoms with Crippen LogP contribution in [0.4, 0.5) is 5.82 Å². The highest BCUT2D eigenvalue weighted by atomic mass is 16.5. The number of anilines is 1. The summed E-state index contributed by atoms with van der Waals surface area (Å²) in [5, 5.41) is 10.8. The molecule has 0 unspecified atom stereocenters. The Morgan fingerprint density at radius 3 is 3.09 bits per heavy atom. The summed E-state index contributed by atoms with van der Waals surface area (Å²) in [7, 11) is 1.93. The van der Waals surface area contributed by atoms with E-state index in [4.69, 9.17) is 4.52 Å². The lowest BCUT2D eigenvalue weighted by Gasteiger charge is -2.23. The third-order valence-corrected chi connectivity index (χ3v) is 3.99. The second-order valence-electron chi connectivity index (χ2n) is 5.76. The smallest absolute Gasteiger partial charge is 0.226 e. The molecule has 1 N–H and O–H groups in total. The monoisotopic (exact) mass is 303 g/mol. The van der Waals surface area contributed by atoms with Gasteiger partial charge in [-0.25, -0.2) is 0 Å². The summed E-state index contributed by atoms with van der Waals surface area (Å²) >= 11 is 0. The first-order valence-electron chi connectivity index (χ1n) is 7.57. The maximum Gasteiger partial charge on any atom is 0.226 e.